The Bertz CT molecular complexity index is 1320. The zero-order valence-corrected chi connectivity index (χ0v) is 22.7. The van der Waals surface area contributed by atoms with Crippen molar-refractivity contribution in [2.45, 2.75) is 46.0 Å². The van der Waals surface area contributed by atoms with Gasteiger partial charge in [0.15, 0.2) is 0 Å². The summed E-state index contributed by atoms with van der Waals surface area (Å²) in [6.07, 6.45) is 5.39. The predicted molar refractivity (Wildman–Crippen MR) is 145 cm³/mol. The van der Waals surface area contributed by atoms with Crippen molar-refractivity contribution in [1.29, 1.82) is 0 Å². The number of fused-ring (bicyclic) bond motifs is 1. The molecule has 9 heteroatoms. The highest BCUT2D eigenvalue weighted by Gasteiger charge is 2.33. The van der Waals surface area contributed by atoms with Crippen LogP contribution in [-0.4, -0.2) is 55.3 Å². The first-order chi connectivity index (χ1) is 18.2. The highest BCUT2D eigenvalue weighted by molar-refractivity contribution is 6.10. The Labute approximate surface area is 222 Å². The summed E-state index contributed by atoms with van der Waals surface area (Å²) in [5.41, 5.74) is 2.02. The number of aryl methyl sites for hydroxylation is 1. The number of urea groups is 1. The van der Waals surface area contributed by atoms with Crippen LogP contribution in [0.1, 0.15) is 55.1 Å². The van der Waals surface area contributed by atoms with E-state index >= 15 is 0 Å². The number of para-hydroxylation sites is 1. The van der Waals surface area contributed by atoms with Gasteiger partial charge in [-0.25, -0.2) is 9.59 Å². The molecule has 0 atom stereocenters. The first kappa shape index (κ1) is 27.0. The summed E-state index contributed by atoms with van der Waals surface area (Å²) in [6, 6.07) is 11.9. The predicted octanol–water partition coefficient (Wildman–Crippen LogP) is 5.22. The van der Waals surface area contributed by atoms with Crippen molar-refractivity contribution in [2.24, 2.45) is 5.92 Å². The highest BCUT2D eigenvalue weighted by atomic mass is 16.7. The van der Waals surface area contributed by atoms with Crippen LogP contribution in [-0.2, 0) is 4.79 Å². The number of amides is 3. The molecule has 1 aromatic heterocycles. The SMILES string of the molecule is COc1cc(C)cc(OC)c1N(CC1CCCCC1)C(=O)N(C)C(=O)c1cc2ccccc2n1OC(C)=O. The van der Waals surface area contributed by atoms with Crippen molar-refractivity contribution in [2.75, 3.05) is 32.7 Å². The van der Waals surface area contributed by atoms with Crippen LogP contribution in [0.2, 0.25) is 0 Å². The number of nitrogens with zero attached hydrogens (tertiary/aromatic N) is 3. The molecule has 3 amide bonds. The lowest BCUT2D eigenvalue weighted by atomic mass is 9.89. The van der Waals surface area contributed by atoms with Crippen LogP contribution in [0.15, 0.2) is 42.5 Å². The van der Waals surface area contributed by atoms with Crippen molar-refractivity contribution in [3.63, 3.8) is 0 Å². The Kier molecular flexibility index (Phi) is 8.24. The molecule has 4 rings (SSSR count). The van der Waals surface area contributed by atoms with E-state index in [2.05, 4.69) is 0 Å². The first-order valence-corrected chi connectivity index (χ1v) is 12.9. The summed E-state index contributed by atoms with van der Waals surface area (Å²) in [5.74, 6) is 0.0646. The van der Waals surface area contributed by atoms with E-state index in [-0.39, 0.29) is 11.6 Å². The molecule has 2 aromatic carbocycles. The molecule has 202 valence electrons. The molecule has 0 bridgehead atoms. The molecule has 1 heterocycles. The van der Waals surface area contributed by atoms with Gasteiger partial charge in [0.25, 0.3) is 5.91 Å². The standard InChI is InChI=1S/C29H35N3O6/c1-19-15-25(36-4)27(26(16-19)37-5)31(18-21-11-7-6-8-12-21)29(35)30(3)28(34)24-17-22-13-9-10-14-23(22)32(24)38-20(2)33/h9-10,13-17,21H,6-8,11-12,18H2,1-5H3. The minimum atomic E-state index is -0.605. The fraction of sp³-hybridized carbons (Fsp3) is 0.414. The van der Waals surface area contributed by atoms with E-state index in [4.69, 9.17) is 14.3 Å². The van der Waals surface area contributed by atoms with Gasteiger partial charge in [0, 0.05) is 25.9 Å². The molecule has 0 saturated heterocycles. The summed E-state index contributed by atoms with van der Waals surface area (Å²) in [7, 11) is 4.53. The average Bonchev–Trinajstić information content (AvgIpc) is 3.28. The lowest BCUT2D eigenvalue weighted by molar-refractivity contribution is -0.141. The van der Waals surface area contributed by atoms with Gasteiger partial charge in [-0.3, -0.25) is 14.6 Å². The van der Waals surface area contributed by atoms with E-state index in [0.29, 0.717) is 34.6 Å². The zero-order chi connectivity index (χ0) is 27.4. The minimum Gasteiger partial charge on any atom is -0.494 e. The molecule has 9 nitrogen and oxygen atoms in total. The van der Waals surface area contributed by atoms with Gasteiger partial charge in [-0.2, -0.15) is 4.73 Å². The normalized spacial score (nSPS) is 13.7. The number of rotatable bonds is 7. The van der Waals surface area contributed by atoms with Gasteiger partial charge in [-0.05, 0) is 55.5 Å². The van der Waals surface area contributed by atoms with Crippen molar-refractivity contribution >= 4 is 34.5 Å². The molecular formula is C29H35N3O6. The van der Waals surface area contributed by atoms with Gasteiger partial charge < -0.3 is 14.3 Å². The number of imide groups is 1. The van der Waals surface area contributed by atoms with Crippen LogP contribution in [0.3, 0.4) is 0 Å². The van der Waals surface area contributed by atoms with E-state index in [1.165, 1.54) is 25.1 Å². The van der Waals surface area contributed by atoms with Crippen molar-refractivity contribution in [1.82, 2.24) is 9.63 Å². The number of methoxy groups -OCH3 is 2. The van der Waals surface area contributed by atoms with E-state index in [1.54, 1.807) is 37.3 Å². The molecule has 1 fully saturated rings. The molecular weight excluding hydrogens is 486 g/mol. The molecule has 3 aromatic rings. The van der Waals surface area contributed by atoms with E-state index in [9.17, 15) is 14.4 Å². The Morgan fingerprint density at radius 2 is 1.61 bits per heavy atom. The molecule has 0 spiro atoms. The maximum atomic E-state index is 14.1. The highest BCUT2D eigenvalue weighted by Crippen LogP contribution is 2.41. The third-order valence-corrected chi connectivity index (χ3v) is 6.99. The van der Waals surface area contributed by atoms with E-state index < -0.39 is 17.9 Å². The number of carbonyl (C=O) groups is 3. The van der Waals surface area contributed by atoms with Crippen LogP contribution in [0.4, 0.5) is 10.5 Å². The molecule has 0 unspecified atom stereocenters. The third kappa shape index (κ3) is 5.46. The minimum absolute atomic E-state index is 0.0673. The Morgan fingerprint density at radius 3 is 2.21 bits per heavy atom. The maximum absolute atomic E-state index is 14.1. The van der Waals surface area contributed by atoms with Gasteiger partial charge in [0.2, 0.25) is 0 Å². The number of hydrogen-bond acceptors (Lipinski definition) is 6. The second-order valence-corrected chi connectivity index (χ2v) is 9.75. The van der Waals surface area contributed by atoms with Crippen molar-refractivity contribution < 1.29 is 28.7 Å². The van der Waals surface area contributed by atoms with Crippen LogP contribution in [0, 0.1) is 12.8 Å². The van der Waals surface area contributed by atoms with Gasteiger partial charge in [0.1, 0.15) is 22.9 Å². The number of ether oxygens (including phenoxy) is 2. The summed E-state index contributed by atoms with van der Waals surface area (Å²) >= 11 is 0. The lowest BCUT2D eigenvalue weighted by Crippen LogP contribution is -2.47. The fourth-order valence-electron chi connectivity index (χ4n) is 5.13. The van der Waals surface area contributed by atoms with E-state index in [0.717, 1.165) is 36.1 Å². The summed E-state index contributed by atoms with van der Waals surface area (Å²) in [4.78, 5) is 47.7. The molecule has 1 aliphatic carbocycles. The lowest BCUT2D eigenvalue weighted by Gasteiger charge is -2.33. The number of anilines is 1. The Balaban J connectivity index is 1.76. The maximum Gasteiger partial charge on any atom is 0.331 e. The van der Waals surface area contributed by atoms with Crippen LogP contribution in [0.5, 0.6) is 11.5 Å². The smallest absolute Gasteiger partial charge is 0.331 e. The van der Waals surface area contributed by atoms with Gasteiger partial charge in [-0.1, -0.05) is 37.5 Å². The third-order valence-electron chi connectivity index (χ3n) is 6.99. The molecule has 0 aliphatic heterocycles. The monoisotopic (exact) mass is 521 g/mol. The Morgan fingerprint density at radius 1 is 0.974 bits per heavy atom. The second-order valence-electron chi connectivity index (χ2n) is 9.75. The van der Waals surface area contributed by atoms with E-state index in [1.807, 2.05) is 31.2 Å². The second kappa shape index (κ2) is 11.6. The first-order valence-electron chi connectivity index (χ1n) is 12.9. The largest absolute Gasteiger partial charge is 0.494 e. The summed E-state index contributed by atoms with van der Waals surface area (Å²) in [5, 5.41) is 0.707. The van der Waals surface area contributed by atoms with Crippen molar-refractivity contribution in [3.8, 4) is 11.5 Å². The van der Waals surface area contributed by atoms with Gasteiger partial charge in [-0.15, -0.1) is 0 Å². The molecule has 1 aliphatic rings. The number of carbonyl (C=O) groups excluding carboxylic acids is 3. The average molecular weight is 522 g/mol. The molecule has 1 saturated carbocycles. The number of benzene rings is 2. The van der Waals surface area contributed by atoms with Crippen LogP contribution >= 0.6 is 0 Å². The number of aromatic nitrogens is 1. The van der Waals surface area contributed by atoms with Crippen LogP contribution < -0.4 is 19.2 Å². The molecule has 38 heavy (non-hydrogen) atoms. The topological polar surface area (TPSA) is 90.3 Å². The van der Waals surface area contributed by atoms with Crippen LogP contribution in [0.25, 0.3) is 10.9 Å². The van der Waals surface area contributed by atoms with Crippen molar-refractivity contribution in [3.05, 3.63) is 53.7 Å². The zero-order valence-electron chi connectivity index (χ0n) is 22.7. The fourth-order valence-corrected chi connectivity index (χ4v) is 5.13. The summed E-state index contributed by atoms with van der Waals surface area (Å²) < 4.78 is 12.5. The van der Waals surface area contributed by atoms with Gasteiger partial charge >= 0.3 is 12.0 Å². The Hall–Kier alpha value is -4.01. The quantitative estimate of drug-likeness (QED) is 0.423. The summed E-state index contributed by atoms with van der Waals surface area (Å²) in [6.45, 7) is 3.60. The number of hydrogen-bond donors (Lipinski definition) is 0. The molecule has 0 N–H and O–H groups in total. The van der Waals surface area contributed by atoms with Gasteiger partial charge in [0.05, 0.1) is 19.7 Å². The molecule has 0 radical (unpaired) electrons.